The highest BCUT2D eigenvalue weighted by molar-refractivity contribution is 8.01. The second-order valence-electron chi connectivity index (χ2n) is 8.90. The van der Waals surface area contributed by atoms with Crippen LogP contribution in [-0.2, 0) is 0 Å². The van der Waals surface area contributed by atoms with E-state index in [9.17, 15) is 5.11 Å². The minimum Gasteiger partial charge on any atom is -0.507 e. The molecular formula is C36H30OP+. The smallest absolute Gasteiger partial charge is 0.144 e. The van der Waals surface area contributed by atoms with Gasteiger partial charge in [0.15, 0.2) is 0 Å². The van der Waals surface area contributed by atoms with Crippen LogP contribution in [-0.4, -0.2) is 5.11 Å². The van der Waals surface area contributed by atoms with E-state index in [4.69, 9.17) is 0 Å². The van der Waals surface area contributed by atoms with Gasteiger partial charge in [0.2, 0.25) is 0 Å². The molecule has 0 spiro atoms. The lowest BCUT2D eigenvalue weighted by Crippen LogP contribution is -2.38. The summed E-state index contributed by atoms with van der Waals surface area (Å²) in [7, 11) is -1.91. The van der Waals surface area contributed by atoms with E-state index in [0.717, 1.165) is 11.1 Å². The Kier molecular flexibility index (Phi) is 8.09. The summed E-state index contributed by atoms with van der Waals surface area (Å²) in [6, 6.07) is 61.0. The Hall–Kier alpha value is -4.45. The van der Waals surface area contributed by atoms with Crippen LogP contribution in [0.5, 0.6) is 5.75 Å². The van der Waals surface area contributed by atoms with Gasteiger partial charge in [0, 0.05) is 5.56 Å². The average molecular weight is 510 g/mol. The lowest BCUT2D eigenvalue weighted by Gasteiger charge is -2.27. The van der Waals surface area contributed by atoms with E-state index in [-0.39, 0.29) is 0 Å². The predicted molar refractivity (Wildman–Crippen MR) is 165 cm³/mol. The van der Waals surface area contributed by atoms with Gasteiger partial charge in [-0.1, -0.05) is 121 Å². The van der Waals surface area contributed by atoms with Crippen LogP contribution in [0.2, 0.25) is 0 Å². The summed E-state index contributed by atoms with van der Waals surface area (Å²) in [4.78, 5) is 0. The number of rotatable bonds is 5. The van der Waals surface area contributed by atoms with Crippen LogP contribution in [0.1, 0.15) is 0 Å². The van der Waals surface area contributed by atoms with Gasteiger partial charge < -0.3 is 5.11 Å². The second kappa shape index (κ2) is 12.2. The van der Waals surface area contributed by atoms with Gasteiger partial charge in [0.1, 0.15) is 34.2 Å². The molecule has 0 aliphatic rings. The van der Waals surface area contributed by atoms with Crippen molar-refractivity contribution < 1.29 is 5.11 Å². The van der Waals surface area contributed by atoms with Gasteiger partial charge in [-0.05, 0) is 60.2 Å². The zero-order chi connectivity index (χ0) is 26.0. The monoisotopic (exact) mass is 509 g/mol. The maximum atomic E-state index is 9.56. The maximum Gasteiger partial charge on any atom is 0.144 e. The summed E-state index contributed by atoms with van der Waals surface area (Å²) < 4.78 is 0. The van der Waals surface area contributed by atoms with E-state index in [1.807, 2.05) is 48.5 Å². The van der Waals surface area contributed by atoms with Gasteiger partial charge in [0.25, 0.3) is 0 Å². The minimum absolute atomic E-state index is 0.328. The van der Waals surface area contributed by atoms with Crippen molar-refractivity contribution in [3.63, 3.8) is 0 Å². The van der Waals surface area contributed by atoms with Crippen LogP contribution in [0.15, 0.2) is 176 Å². The quantitative estimate of drug-likeness (QED) is 0.241. The molecule has 6 aromatic carbocycles. The van der Waals surface area contributed by atoms with Gasteiger partial charge in [-0.15, -0.1) is 0 Å². The Morgan fingerprint density at radius 3 is 0.947 bits per heavy atom. The maximum absolute atomic E-state index is 9.56. The number of hydrogen-bond donors (Lipinski definition) is 1. The third-order valence-electron chi connectivity index (χ3n) is 6.56. The molecule has 1 N–H and O–H groups in total. The lowest BCUT2D eigenvalue weighted by molar-refractivity contribution is 0.477. The van der Waals surface area contributed by atoms with Crippen molar-refractivity contribution in [1.82, 2.24) is 0 Å². The van der Waals surface area contributed by atoms with Crippen LogP contribution in [0.4, 0.5) is 0 Å². The summed E-state index contributed by atoms with van der Waals surface area (Å²) >= 11 is 0. The fourth-order valence-corrected chi connectivity index (χ4v) is 9.10. The van der Waals surface area contributed by atoms with Gasteiger partial charge in [-0.2, -0.15) is 0 Å². The minimum atomic E-state index is -1.91. The Labute approximate surface area is 226 Å². The highest BCUT2D eigenvalue weighted by atomic mass is 31.2. The van der Waals surface area contributed by atoms with Crippen molar-refractivity contribution in [2.24, 2.45) is 0 Å². The fraction of sp³-hybridized carbons (Fsp3) is 0. The molecule has 6 aromatic rings. The average Bonchev–Trinajstić information content (AvgIpc) is 3.01. The molecule has 0 amide bonds. The first-order chi connectivity index (χ1) is 18.8. The summed E-state index contributed by atoms with van der Waals surface area (Å²) in [5, 5.41) is 15.1. The molecule has 2 heteroatoms. The molecule has 0 aromatic heterocycles. The number of phenolic OH excluding ortho intramolecular Hbond substituents is 1. The van der Waals surface area contributed by atoms with Crippen molar-refractivity contribution in [2.75, 3.05) is 0 Å². The van der Waals surface area contributed by atoms with Crippen molar-refractivity contribution >= 4 is 28.5 Å². The lowest BCUT2D eigenvalue weighted by atomic mass is 10.1. The summed E-state index contributed by atoms with van der Waals surface area (Å²) in [6.45, 7) is 0. The van der Waals surface area contributed by atoms with Crippen molar-refractivity contribution in [1.29, 1.82) is 0 Å². The van der Waals surface area contributed by atoms with E-state index in [1.165, 1.54) is 21.2 Å². The SMILES string of the molecule is Oc1ccccc1-c1ccccc1.c1ccc([P+](c2ccccc2)(c2ccccc2)c2ccccc2)cc1. The Balaban J connectivity index is 0.000000190. The Morgan fingerprint density at radius 2 is 0.605 bits per heavy atom. The number of aromatic hydroxyl groups is 1. The van der Waals surface area contributed by atoms with E-state index in [2.05, 4.69) is 121 Å². The van der Waals surface area contributed by atoms with E-state index >= 15 is 0 Å². The molecule has 38 heavy (non-hydrogen) atoms. The van der Waals surface area contributed by atoms with E-state index in [1.54, 1.807) is 6.07 Å². The second-order valence-corrected chi connectivity index (χ2v) is 12.3. The van der Waals surface area contributed by atoms with Crippen LogP contribution in [0, 0.1) is 0 Å². The zero-order valence-electron chi connectivity index (χ0n) is 21.1. The van der Waals surface area contributed by atoms with Crippen molar-refractivity contribution in [3.8, 4) is 16.9 Å². The van der Waals surface area contributed by atoms with Crippen molar-refractivity contribution in [2.45, 2.75) is 0 Å². The van der Waals surface area contributed by atoms with Crippen molar-refractivity contribution in [3.05, 3.63) is 176 Å². The van der Waals surface area contributed by atoms with Crippen LogP contribution in [0.3, 0.4) is 0 Å². The van der Waals surface area contributed by atoms with Crippen LogP contribution in [0.25, 0.3) is 11.1 Å². The molecule has 1 nitrogen and oxygen atoms in total. The number of hydrogen-bond acceptors (Lipinski definition) is 1. The van der Waals surface area contributed by atoms with E-state index in [0.29, 0.717) is 5.75 Å². The van der Waals surface area contributed by atoms with Gasteiger partial charge in [-0.3, -0.25) is 0 Å². The summed E-state index contributed by atoms with van der Waals surface area (Å²) in [6.07, 6.45) is 0. The molecule has 6 rings (SSSR count). The summed E-state index contributed by atoms with van der Waals surface area (Å²) in [5.74, 6) is 0.328. The normalized spacial score (nSPS) is 10.7. The first-order valence-electron chi connectivity index (χ1n) is 12.7. The predicted octanol–water partition coefficient (Wildman–Crippen LogP) is 7.37. The summed E-state index contributed by atoms with van der Waals surface area (Å²) in [5.41, 5.74) is 1.92. The first-order valence-corrected chi connectivity index (χ1v) is 14.5. The van der Waals surface area contributed by atoms with Crippen LogP contribution >= 0.6 is 7.26 Å². The number of benzene rings is 6. The molecule has 0 saturated heterocycles. The largest absolute Gasteiger partial charge is 0.507 e. The Morgan fingerprint density at radius 1 is 0.316 bits per heavy atom. The molecule has 0 aliphatic heterocycles. The van der Waals surface area contributed by atoms with Crippen LogP contribution < -0.4 is 21.2 Å². The molecule has 184 valence electrons. The highest BCUT2D eigenvalue weighted by Gasteiger charge is 2.47. The fourth-order valence-electron chi connectivity index (χ4n) is 4.84. The molecular weight excluding hydrogens is 479 g/mol. The molecule has 0 fully saturated rings. The third-order valence-corrected chi connectivity index (χ3v) is 10.9. The standard InChI is InChI=1S/C24H20P.C12H10O/c1-5-13-21(14-6-1)25(22-15-7-2-8-16-22,23-17-9-3-10-18-23)24-19-11-4-12-20-24;13-12-9-5-4-8-11(12)10-6-2-1-3-7-10/h1-20H;1-9,13H/q+1;. The number of para-hydroxylation sites is 1. The molecule has 0 radical (unpaired) electrons. The molecule has 0 saturated carbocycles. The van der Waals surface area contributed by atoms with Gasteiger partial charge in [-0.25, -0.2) is 0 Å². The topological polar surface area (TPSA) is 20.2 Å². The number of phenols is 1. The molecule has 0 atom stereocenters. The zero-order valence-corrected chi connectivity index (χ0v) is 22.0. The molecule has 0 bridgehead atoms. The molecule has 0 heterocycles. The van der Waals surface area contributed by atoms with E-state index < -0.39 is 7.26 Å². The molecule has 0 aliphatic carbocycles. The first kappa shape index (κ1) is 25.2. The van der Waals surface area contributed by atoms with Gasteiger partial charge in [0.05, 0.1) is 0 Å². The highest BCUT2D eigenvalue weighted by Crippen LogP contribution is 2.53. The Bertz CT molecular complexity index is 1370. The molecule has 0 unspecified atom stereocenters. The van der Waals surface area contributed by atoms with Gasteiger partial charge >= 0.3 is 0 Å². The third kappa shape index (κ3) is 5.30.